The summed E-state index contributed by atoms with van der Waals surface area (Å²) in [5, 5.41) is 3.02. The van der Waals surface area contributed by atoms with E-state index in [1.54, 1.807) is 18.2 Å². The Morgan fingerprint density at radius 2 is 1.85 bits per heavy atom. The second kappa shape index (κ2) is 7.85. The molecule has 0 saturated heterocycles. The summed E-state index contributed by atoms with van der Waals surface area (Å²) in [7, 11) is 0. The van der Waals surface area contributed by atoms with Crippen LogP contribution in [-0.4, -0.2) is 24.8 Å². The van der Waals surface area contributed by atoms with Crippen LogP contribution in [0, 0.1) is 0 Å². The minimum atomic E-state index is -1.01. The molecule has 1 amide bonds. The highest BCUT2D eigenvalue weighted by atomic mass is 35.5. The van der Waals surface area contributed by atoms with Gasteiger partial charge in [0.25, 0.3) is 5.91 Å². The summed E-state index contributed by atoms with van der Waals surface area (Å²) in [4.78, 5) is 24.4. The van der Waals surface area contributed by atoms with Gasteiger partial charge in [0.15, 0.2) is 17.6 Å². The molecule has 2 aromatic rings. The molecule has 1 atom stereocenters. The van der Waals surface area contributed by atoms with Gasteiger partial charge in [-0.05, 0) is 36.8 Å². The lowest BCUT2D eigenvalue weighted by Crippen LogP contribution is -2.35. The zero-order valence-electron chi connectivity index (χ0n) is 13.8. The lowest BCUT2D eigenvalue weighted by molar-refractivity contribution is -0.129. The summed E-state index contributed by atoms with van der Waals surface area (Å²) < 4.78 is 15.7. The van der Waals surface area contributed by atoms with Crippen LogP contribution in [0.2, 0.25) is 10.0 Å². The lowest BCUT2D eigenvalue weighted by atomic mass is 10.2. The highest BCUT2D eigenvalue weighted by Crippen LogP contribution is 2.32. The largest absolute Gasteiger partial charge is 0.454 e. The van der Waals surface area contributed by atoms with E-state index in [0.29, 0.717) is 11.5 Å². The first-order valence-corrected chi connectivity index (χ1v) is 8.52. The normalized spacial score (nSPS) is 13.2. The number of carbonyl (C=O) groups is 2. The van der Waals surface area contributed by atoms with Crippen LogP contribution in [0.25, 0.3) is 0 Å². The molecule has 3 rings (SSSR count). The number of fused-ring (bicyclic) bond motifs is 1. The Morgan fingerprint density at radius 1 is 1.15 bits per heavy atom. The van der Waals surface area contributed by atoms with Crippen LogP contribution >= 0.6 is 23.2 Å². The van der Waals surface area contributed by atoms with Gasteiger partial charge in [0.2, 0.25) is 6.79 Å². The number of ether oxygens (including phenoxy) is 3. The third kappa shape index (κ3) is 4.03. The third-order valence-corrected chi connectivity index (χ3v) is 4.35. The maximum absolute atomic E-state index is 12.2. The van der Waals surface area contributed by atoms with Gasteiger partial charge in [0, 0.05) is 6.54 Å². The number of halogens is 2. The van der Waals surface area contributed by atoms with Gasteiger partial charge in [-0.1, -0.05) is 35.3 Å². The number of nitrogens with one attached hydrogen (secondary N) is 1. The number of hydrogen-bond donors (Lipinski definition) is 1. The predicted octanol–water partition coefficient (Wildman–Crippen LogP) is 3.58. The fourth-order valence-electron chi connectivity index (χ4n) is 2.35. The van der Waals surface area contributed by atoms with Gasteiger partial charge in [0.05, 0.1) is 15.6 Å². The molecule has 1 aliphatic rings. The molecular formula is C18H15Cl2NO5. The van der Waals surface area contributed by atoms with Crippen LogP contribution in [-0.2, 0) is 16.1 Å². The van der Waals surface area contributed by atoms with Crippen molar-refractivity contribution in [2.75, 3.05) is 6.79 Å². The lowest BCUT2D eigenvalue weighted by Gasteiger charge is -2.14. The molecule has 0 aliphatic carbocycles. The second-order valence-electron chi connectivity index (χ2n) is 5.55. The molecule has 0 spiro atoms. The zero-order chi connectivity index (χ0) is 18.7. The molecule has 26 heavy (non-hydrogen) atoms. The molecule has 6 nitrogen and oxygen atoms in total. The van der Waals surface area contributed by atoms with Crippen LogP contribution in [0.15, 0.2) is 36.4 Å². The molecule has 0 fully saturated rings. The number of benzene rings is 2. The van der Waals surface area contributed by atoms with E-state index >= 15 is 0 Å². The van der Waals surface area contributed by atoms with E-state index in [2.05, 4.69) is 5.32 Å². The summed E-state index contributed by atoms with van der Waals surface area (Å²) in [6.07, 6.45) is -1.01. The van der Waals surface area contributed by atoms with E-state index in [1.165, 1.54) is 19.1 Å². The Labute approximate surface area is 159 Å². The standard InChI is InChI=1S/C18H15Cl2NO5/c1-10(26-18(23)16-12(19)3-2-4-13(16)20)17(22)21-8-11-5-6-14-15(7-11)25-9-24-14/h2-7,10H,8-9H2,1H3,(H,21,22). The van der Waals surface area contributed by atoms with Gasteiger partial charge in [-0.3, -0.25) is 4.79 Å². The Kier molecular flexibility index (Phi) is 5.54. The van der Waals surface area contributed by atoms with Crippen molar-refractivity contribution in [3.63, 3.8) is 0 Å². The minimum Gasteiger partial charge on any atom is -0.454 e. The first kappa shape index (κ1) is 18.4. The summed E-state index contributed by atoms with van der Waals surface area (Å²) in [6.45, 7) is 1.91. The van der Waals surface area contributed by atoms with Gasteiger partial charge < -0.3 is 19.5 Å². The van der Waals surface area contributed by atoms with E-state index in [-0.39, 0.29) is 28.9 Å². The molecule has 0 saturated carbocycles. The molecule has 1 heterocycles. The van der Waals surface area contributed by atoms with E-state index in [1.807, 2.05) is 6.07 Å². The SMILES string of the molecule is CC(OC(=O)c1c(Cl)cccc1Cl)C(=O)NCc1ccc2c(c1)OCO2. The fraction of sp³-hybridized carbons (Fsp3) is 0.222. The van der Waals surface area contributed by atoms with Crippen molar-refractivity contribution in [2.45, 2.75) is 19.6 Å². The van der Waals surface area contributed by atoms with E-state index in [4.69, 9.17) is 37.4 Å². The molecule has 1 aliphatic heterocycles. The Balaban J connectivity index is 1.57. The smallest absolute Gasteiger partial charge is 0.341 e. The average Bonchev–Trinajstić information content (AvgIpc) is 3.07. The zero-order valence-corrected chi connectivity index (χ0v) is 15.3. The molecule has 2 aromatic carbocycles. The first-order valence-electron chi connectivity index (χ1n) is 7.77. The third-order valence-electron chi connectivity index (χ3n) is 3.72. The summed E-state index contributed by atoms with van der Waals surface area (Å²) in [5.74, 6) is 0.0918. The van der Waals surface area contributed by atoms with Crippen molar-refractivity contribution in [1.29, 1.82) is 0 Å². The van der Waals surface area contributed by atoms with Gasteiger partial charge in [0.1, 0.15) is 0 Å². The van der Waals surface area contributed by atoms with Crippen molar-refractivity contribution in [3.8, 4) is 11.5 Å². The van der Waals surface area contributed by atoms with Gasteiger partial charge >= 0.3 is 5.97 Å². The quantitative estimate of drug-likeness (QED) is 0.783. The van der Waals surface area contributed by atoms with Crippen molar-refractivity contribution in [3.05, 3.63) is 57.6 Å². The van der Waals surface area contributed by atoms with Crippen molar-refractivity contribution < 1.29 is 23.8 Å². The molecule has 0 radical (unpaired) electrons. The minimum absolute atomic E-state index is 0.0336. The second-order valence-corrected chi connectivity index (χ2v) is 6.36. The van der Waals surface area contributed by atoms with Crippen molar-refractivity contribution >= 4 is 35.1 Å². The number of carbonyl (C=O) groups excluding carboxylic acids is 2. The summed E-state index contributed by atoms with van der Waals surface area (Å²) >= 11 is 11.9. The number of esters is 1. The highest BCUT2D eigenvalue weighted by Gasteiger charge is 2.22. The average molecular weight is 396 g/mol. The molecule has 1 N–H and O–H groups in total. The Morgan fingerprint density at radius 3 is 2.58 bits per heavy atom. The van der Waals surface area contributed by atoms with Crippen LogP contribution in [0.5, 0.6) is 11.5 Å². The maximum atomic E-state index is 12.2. The number of hydrogen-bond acceptors (Lipinski definition) is 5. The molecule has 0 bridgehead atoms. The van der Waals surface area contributed by atoms with Crippen LogP contribution < -0.4 is 14.8 Å². The summed E-state index contributed by atoms with van der Waals surface area (Å²) in [6, 6.07) is 10.0. The molecule has 0 aromatic heterocycles. The van der Waals surface area contributed by atoms with E-state index in [0.717, 1.165) is 5.56 Å². The van der Waals surface area contributed by atoms with Crippen LogP contribution in [0.1, 0.15) is 22.8 Å². The van der Waals surface area contributed by atoms with Gasteiger partial charge in [-0.2, -0.15) is 0 Å². The van der Waals surface area contributed by atoms with Gasteiger partial charge in [-0.15, -0.1) is 0 Å². The van der Waals surface area contributed by atoms with Crippen molar-refractivity contribution in [1.82, 2.24) is 5.32 Å². The molecular weight excluding hydrogens is 381 g/mol. The predicted molar refractivity (Wildman–Crippen MR) is 95.8 cm³/mol. The number of rotatable bonds is 5. The van der Waals surface area contributed by atoms with E-state index < -0.39 is 18.0 Å². The summed E-state index contributed by atoms with van der Waals surface area (Å²) in [5.41, 5.74) is 0.863. The first-order chi connectivity index (χ1) is 12.5. The Bertz CT molecular complexity index is 835. The topological polar surface area (TPSA) is 73.9 Å². The molecule has 8 heteroatoms. The highest BCUT2D eigenvalue weighted by molar-refractivity contribution is 6.39. The molecule has 136 valence electrons. The van der Waals surface area contributed by atoms with E-state index in [9.17, 15) is 9.59 Å². The maximum Gasteiger partial charge on any atom is 0.341 e. The fourth-order valence-corrected chi connectivity index (χ4v) is 2.90. The van der Waals surface area contributed by atoms with Crippen LogP contribution in [0.4, 0.5) is 0 Å². The van der Waals surface area contributed by atoms with Gasteiger partial charge in [-0.25, -0.2) is 4.79 Å². The number of amides is 1. The van der Waals surface area contributed by atoms with Crippen molar-refractivity contribution in [2.24, 2.45) is 0 Å². The molecule has 1 unspecified atom stereocenters. The monoisotopic (exact) mass is 395 g/mol. The Hall–Kier alpha value is -2.44. The van der Waals surface area contributed by atoms with Crippen LogP contribution in [0.3, 0.4) is 0 Å².